The highest BCUT2D eigenvalue weighted by atomic mass is 16.3. The molecule has 0 aromatic rings. The van der Waals surface area contributed by atoms with Crippen LogP contribution in [-0.4, -0.2) is 29.8 Å². The number of nitrogens with one attached hydrogen (secondary N) is 1. The first-order chi connectivity index (χ1) is 7.03. The monoisotopic (exact) mass is 214 g/mol. The Morgan fingerprint density at radius 1 is 1.53 bits per heavy atom. The molecular formula is C12H26N2O. The van der Waals surface area contributed by atoms with Gasteiger partial charge in [-0.1, -0.05) is 13.8 Å². The molecule has 1 saturated carbocycles. The van der Waals surface area contributed by atoms with Gasteiger partial charge in [0.1, 0.15) is 0 Å². The first kappa shape index (κ1) is 12.9. The average Bonchev–Trinajstić information content (AvgIpc) is 2.59. The lowest BCUT2D eigenvalue weighted by molar-refractivity contribution is 0.180. The van der Waals surface area contributed by atoms with E-state index in [0.717, 1.165) is 5.92 Å². The van der Waals surface area contributed by atoms with Crippen LogP contribution in [0, 0.1) is 11.8 Å². The largest absolute Gasteiger partial charge is 0.396 e. The fourth-order valence-electron chi connectivity index (χ4n) is 2.55. The maximum Gasteiger partial charge on any atom is 0.0471 e. The molecule has 4 atom stereocenters. The lowest BCUT2D eigenvalue weighted by Crippen LogP contribution is -2.54. The summed E-state index contributed by atoms with van der Waals surface area (Å²) in [7, 11) is 0. The number of aliphatic hydroxyl groups is 1. The fraction of sp³-hybridized carbons (Fsp3) is 1.00. The van der Waals surface area contributed by atoms with E-state index >= 15 is 0 Å². The minimum atomic E-state index is 0.127. The van der Waals surface area contributed by atoms with Crippen molar-refractivity contribution in [2.24, 2.45) is 17.6 Å². The van der Waals surface area contributed by atoms with Crippen molar-refractivity contribution in [3.05, 3.63) is 0 Å². The zero-order valence-electron chi connectivity index (χ0n) is 10.3. The number of hydrogen-bond acceptors (Lipinski definition) is 3. The van der Waals surface area contributed by atoms with Gasteiger partial charge in [-0.25, -0.2) is 0 Å². The number of rotatable bonds is 5. The normalized spacial score (nSPS) is 35.4. The molecule has 0 bridgehead atoms. The van der Waals surface area contributed by atoms with E-state index < -0.39 is 0 Å². The third kappa shape index (κ3) is 3.16. The van der Waals surface area contributed by atoms with Crippen LogP contribution in [0.15, 0.2) is 0 Å². The van der Waals surface area contributed by atoms with Crippen LogP contribution in [-0.2, 0) is 0 Å². The fourth-order valence-corrected chi connectivity index (χ4v) is 2.55. The molecule has 0 radical (unpaired) electrons. The predicted octanol–water partition coefficient (Wildman–Crippen LogP) is 1.11. The smallest absolute Gasteiger partial charge is 0.0471 e. The third-order valence-electron chi connectivity index (χ3n) is 3.92. The van der Waals surface area contributed by atoms with Gasteiger partial charge in [-0.05, 0) is 38.0 Å². The second-order valence-corrected chi connectivity index (χ2v) is 5.43. The standard InChI is InChI=1S/C12H26N2O/c1-9-4-5-12(6-9,8-13)14-11(3)10(2)7-15/h9-11,14-15H,4-8,13H2,1-3H3. The van der Waals surface area contributed by atoms with E-state index in [2.05, 4.69) is 26.1 Å². The molecule has 4 unspecified atom stereocenters. The van der Waals surface area contributed by atoms with Crippen LogP contribution < -0.4 is 11.1 Å². The van der Waals surface area contributed by atoms with E-state index in [0.29, 0.717) is 18.5 Å². The van der Waals surface area contributed by atoms with Crippen molar-refractivity contribution in [3.63, 3.8) is 0 Å². The molecule has 0 saturated heterocycles. The van der Waals surface area contributed by atoms with E-state index in [9.17, 15) is 0 Å². The van der Waals surface area contributed by atoms with Crippen molar-refractivity contribution in [2.45, 2.75) is 51.6 Å². The van der Waals surface area contributed by atoms with E-state index in [-0.39, 0.29) is 12.1 Å². The average molecular weight is 214 g/mol. The molecule has 1 aliphatic rings. The maximum atomic E-state index is 9.12. The van der Waals surface area contributed by atoms with Gasteiger partial charge in [0.05, 0.1) is 0 Å². The van der Waals surface area contributed by atoms with Crippen molar-refractivity contribution < 1.29 is 5.11 Å². The van der Waals surface area contributed by atoms with Crippen LogP contribution in [0.25, 0.3) is 0 Å². The van der Waals surface area contributed by atoms with Gasteiger partial charge in [0, 0.05) is 24.7 Å². The third-order valence-corrected chi connectivity index (χ3v) is 3.92. The highest BCUT2D eigenvalue weighted by Gasteiger charge is 2.37. The zero-order chi connectivity index (χ0) is 11.5. The summed E-state index contributed by atoms with van der Waals surface area (Å²) in [6.07, 6.45) is 3.61. The summed E-state index contributed by atoms with van der Waals surface area (Å²) in [6, 6.07) is 0.337. The summed E-state index contributed by atoms with van der Waals surface area (Å²) >= 11 is 0. The first-order valence-electron chi connectivity index (χ1n) is 6.11. The van der Waals surface area contributed by atoms with Crippen molar-refractivity contribution in [3.8, 4) is 0 Å². The Bertz CT molecular complexity index is 198. The molecule has 0 heterocycles. The lowest BCUT2D eigenvalue weighted by atomic mass is 9.92. The second-order valence-electron chi connectivity index (χ2n) is 5.43. The van der Waals surface area contributed by atoms with Crippen LogP contribution in [0.4, 0.5) is 0 Å². The van der Waals surface area contributed by atoms with Gasteiger partial charge < -0.3 is 16.2 Å². The van der Waals surface area contributed by atoms with E-state index in [1.54, 1.807) is 0 Å². The number of hydrogen-bond donors (Lipinski definition) is 3. The summed E-state index contributed by atoms with van der Waals surface area (Å²) in [5.74, 6) is 1.07. The van der Waals surface area contributed by atoms with Crippen molar-refractivity contribution in [2.75, 3.05) is 13.2 Å². The van der Waals surface area contributed by atoms with Crippen molar-refractivity contribution in [1.82, 2.24) is 5.32 Å². The Morgan fingerprint density at radius 2 is 2.20 bits per heavy atom. The molecule has 0 aromatic carbocycles. The Labute approximate surface area is 93.4 Å². The summed E-state index contributed by atoms with van der Waals surface area (Å²) in [4.78, 5) is 0. The quantitative estimate of drug-likeness (QED) is 0.642. The molecule has 0 spiro atoms. The van der Waals surface area contributed by atoms with Gasteiger partial charge >= 0.3 is 0 Å². The zero-order valence-corrected chi connectivity index (χ0v) is 10.3. The molecule has 1 rings (SSSR count). The molecule has 4 N–H and O–H groups in total. The van der Waals surface area contributed by atoms with Crippen LogP contribution in [0.5, 0.6) is 0 Å². The van der Waals surface area contributed by atoms with Crippen LogP contribution in [0.2, 0.25) is 0 Å². The molecule has 1 fully saturated rings. The Balaban J connectivity index is 2.53. The summed E-state index contributed by atoms with van der Waals surface area (Å²) in [6.45, 7) is 7.45. The van der Waals surface area contributed by atoms with Gasteiger partial charge in [0.2, 0.25) is 0 Å². The molecule has 0 aliphatic heterocycles. The molecule has 3 nitrogen and oxygen atoms in total. The van der Waals surface area contributed by atoms with E-state index in [4.69, 9.17) is 10.8 Å². The van der Waals surface area contributed by atoms with Gasteiger partial charge in [-0.15, -0.1) is 0 Å². The first-order valence-corrected chi connectivity index (χ1v) is 6.11. The highest BCUT2D eigenvalue weighted by Crippen LogP contribution is 2.34. The van der Waals surface area contributed by atoms with Gasteiger partial charge in [0.15, 0.2) is 0 Å². The highest BCUT2D eigenvalue weighted by molar-refractivity contribution is 4.97. The Morgan fingerprint density at radius 3 is 2.60 bits per heavy atom. The number of aliphatic hydroxyl groups excluding tert-OH is 1. The minimum Gasteiger partial charge on any atom is -0.396 e. The summed E-state index contributed by atoms with van der Waals surface area (Å²) < 4.78 is 0. The molecule has 1 aliphatic carbocycles. The van der Waals surface area contributed by atoms with E-state index in [1.807, 2.05) is 0 Å². The van der Waals surface area contributed by atoms with Gasteiger partial charge in [-0.3, -0.25) is 0 Å². The van der Waals surface area contributed by atoms with Gasteiger partial charge in [0.25, 0.3) is 0 Å². The van der Waals surface area contributed by atoms with Crippen molar-refractivity contribution in [1.29, 1.82) is 0 Å². The molecule has 3 heteroatoms. The summed E-state index contributed by atoms with van der Waals surface area (Å²) in [5, 5.41) is 12.8. The molecule has 0 amide bonds. The van der Waals surface area contributed by atoms with Crippen LogP contribution >= 0.6 is 0 Å². The van der Waals surface area contributed by atoms with Gasteiger partial charge in [-0.2, -0.15) is 0 Å². The maximum absolute atomic E-state index is 9.12. The summed E-state index contributed by atoms with van der Waals surface area (Å²) in [5.41, 5.74) is 6.02. The van der Waals surface area contributed by atoms with Crippen LogP contribution in [0.1, 0.15) is 40.0 Å². The van der Waals surface area contributed by atoms with Crippen LogP contribution in [0.3, 0.4) is 0 Å². The Hall–Kier alpha value is -0.120. The minimum absolute atomic E-state index is 0.127. The topological polar surface area (TPSA) is 58.3 Å². The SMILES string of the molecule is CC1CCC(CN)(NC(C)C(C)CO)C1. The molecule has 0 aromatic heterocycles. The second kappa shape index (κ2) is 5.28. The molecular weight excluding hydrogens is 188 g/mol. The Kier molecular flexibility index (Phi) is 4.56. The molecule has 90 valence electrons. The van der Waals surface area contributed by atoms with E-state index in [1.165, 1.54) is 19.3 Å². The number of nitrogens with two attached hydrogens (primary N) is 1. The van der Waals surface area contributed by atoms with Crippen molar-refractivity contribution >= 4 is 0 Å². The molecule has 15 heavy (non-hydrogen) atoms. The predicted molar refractivity (Wildman–Crippen MR) is 63.6 cm³/mol. The lowest BCUT2D eigenvalue weighted by Gasteiger charge is -2.35.